The Balaban J connectivity index is 1.54. The summed E-state index contributed by atoms with van der Waals surface area (Å²) >= 11 is 6.13. The van der Waals surface area contributed by atoms with E-state index in [1.807, 2.05) is 6.92 Å². The molecule has 0 unspecified atom stereocenters. The lowest BCUT2D eigenvalue weighted by molar-refractivity contribution is -0.121. The smallest absolute Gasteiger partial charge is 0.244 e. The van der Waals surface area contributed by atoms with Crippen molar-refractivity contribution in [2.75, 3.05) is 29.9 Å². The number of hydrogen-bond donors (Lipinski definition) is 1. The van der Waals surface area contributed by atoms with Gasteiger partial charge in [-0.2, -0.15) is 4.31 Å². The number of benzene rings is 2. The summed E-state index contributed by atoms with van der Waals surface area (Å²) in [5.41, 5.74) is 2.68. The zero-order valence-electron chi connectivity index (χ0n) is 18.8. The van der Waals surface area contributed by atoms with E-state index in [2.05, 4.69) is 12.2 Å². The Morgan fingerprint density at radius 3 is 2.61 bits per heavy atom. The molecule has 176 valence electrons. The van der Waals surface area contributed by atoms with Crippen molar-refractivity contribution in [1.29, 1.82) is 0 Å². The first-order chi connectivity index (χ1) is 15.7. The van der Waals surface area contributed by atoms with Crippen LogP contribution in [0, 0.1) is 12.8 Å². The Labute approximate surface area is 199 Å². The molecule has 0 radical (unpaired) electrons. The van der Waals surface area contributed by atoms with Crippen LogP contribution < -0.4 is 10.2 Å². The van der Waals surface area contributed by atoms with Crippen LogP contribution in [-0.4, -0.2) is 44.2 Å². The maximum atomic E-state index is 13.1. The molecular weight excluding hydrogens is 462 g/mol. The van der Waals surface area contributed by atoms with Crippen LogP contribution in [-0.2, 0) is 26.0 Å². The van der Waals surface area contributed by atoms with Gasteiger partial charge in [0.2, 0.25) is 21.8 Å². The second kappa shape index (κ2) is 9.44. The minimum atomic E-state index is -3.58. The van der Waals surface area contributed by atoms with Gasteiger partial charge in [0.05, 0.1) is 4.90 Å². The van der Waals surface area contributed by atoms with E-state index in [9.17, 15) is 18.0 Å². The van der Waals surface area contributed by atoms with E-state index in [-0.39, 0.29) is 29.7 Å². The van der Waals surface area contributed by atoms with E-state index in [1.54, 1.807) is 34.6 Å². The summed E-state index contributed by atoms with van der Waals surface area (Å²) in [6, 6.07) is 10.1. The highest BCUT2D eigenvalue weighted by molar-refractivity contribution is 7.89. The Bertz CT molecular complexity index is 1190. The van der Waals surface area contributed by atoms with E-state index in [0.717, 1.165) is 24.0 Å². The minimum absolute atomic E-state index is 0.159. The van der Waals surface area contributed by atoms with E-state index in [4.69, 9.17) is 11.6 Å². The van der Waals surface area contributed by atoms with Crippen molar-refractivity contribution in [3.63, 3.8) is 0 Å². The van der Waals surface area contributed by atoms with Crippen LogP contribution in [0.5, 0.6) is 0 Å². The van der Waals surface area contributed by atoms with Crippen molar-refractivity contribution < 1.29 is 18.0 Å². The van der Waals surface area contributed by atoms with Crippen molar-refractivity contribution in [3.8, 4) is 0 Å². The lowest BCUT2D eigenvalue weighted by Crippen LogP contribution is -2.41. The average Bonchev–Trinajstić information content (AvgIpc) is 2.79. The second-order valence-electron chi connectivity index (χ2n) is 8.82. The number of carbonyl (C=O) groups excluding carboxylic acids is 2. The topological polar surface area (TPSA) is 86.8 Å². The molecule has 2 aromatic carbocycles. The zero-order chi connectivity index (χ0) is 23.8. The fraction of sp³-hybridized carbons (Fsp3) is 0.417. The SMILES string of the molecule is Cc1c(Cl)cccc1NC(=O)CN1C(=O)CCc2cc(S(=O)(=O)N3CCC(C)CC3)ccc21. The van der Waals surface area contributed by atoms with Gasteiger partial charge < -0.3 is 10.2 Å². The third kappa shape index (κ3) is 4.93. The molecule has 1 fully saturated rings. The summed E-state index contributed by atoms with van der Waals surface area (Å²) < 4.78 is 27.8. The van der Waals surface area contributed by atoms with Crippen LogP contribution in [0.25, 0.3) is 0 Å². The van der Waals surface area contributed by atoms with Crippen LogP contribution in [0.4, 0.5) is 11.4 Å². The van der Waals surface area contributed by atoms with Crippen LogP contribution in [0.1, 0.15) is 37.3 Å². The van der Waals surface area contributed by atoms with Crippen molar-refractivity contribution in [3.05, 3.63) is 52.5 Å². The number of halogens is 1. The van der Waals surface area contributed by atoms with E-state index in [1.165, 1.54) is 11.0 Å². The Kier molecular flexibility index (Phi) is 6.79. The standard InChI is InChI=1S/C24H28ClN3O4S/c1-16-10-12-27(13-11-16)33(31,32)19-7-8-22-18(14-19)6-9-24(30)28(22)15-23(29)26-21-5-3-4-20(25)17(21)2/h3-5,7-8,14,16H,6,9-13,15H2,1-2H3,(H,26,29). The molecule has 2 amide bonds. The summed E-state index contributed by atoms with van der Waals surface area (Å²) in [7, 11) is -3.58. The van der Waals surface area contributed by atoms with Gasteiger partial charge >= 0.3 is 0 Å². The number of fused-ring (bicyclic) bond motifs is 1. The van der Waals surface area contributed by atoms with Crippen molar-refractivity contribution in [1.82, 2.24) is 4.31 Å². The molecule has 2 aromatic rings. The van der Waals surface area contributed by atoms with Gasteiger partial charge in [0.25, 0.3) is 0 Å². The van der Waals surface area contributed by atoms with E-state index >= 15 is 0 Å². The lowest BCUT2D eigenvalue weighted by atomic mass is 10.0. The van der Waals surface area contributed by atoms with Gasteiger partial charge in [0, 0.05) is 35.9 Å². The molecule has 0 bridgehead atoms. The summed E-state index contributed by atoms with van der Waals surface area (Å²) in [5, 5.41) is 3.36. The van der Waals surface area contributed by atoms with Gasteiger partial charge in [-0.1, -0.05) is 24.6 Å². The quantitative estimate of drug-likeness (QED) is 0.688. The monoisotopic (exact) mass is 489 g/mol. The summed E-state index contributed by atoms with van der Waals surface area (Å²) in [5.74, 6) is 0.0168. The molecule has 0 aromatic heterocycles. The minimum Gasteiger partial charge on any atom is -0.324 e. The van der Waals surface area contributed by atoms with Gasteiger partial charge in [0.15, 0.2) is 0 Å². The summed E-state index contributed by atoms with van der Waals surface area (Å²) in [6.07, 6.45) is 2.38. The normalized spacial score (nSPS) is 17.7. The Morgan fingerprint density at radius 2 is 1.88 bits per heavy atom. The highest BCUT2D eigenvalue weighted by Gasteiger charge is 2.31. The molecule has 2 aliphatic heterocycles. The van der Waals surface area contributed by atoms with Gasteiger partial charge in [-0.25, -0.2) is 8.42 Å². The number of anilines is 2. The first-order valence-electron chi connectivity index (χ1n) is 11.1. The van der Waals surface area contributed by atoms with E-state index in [0.29, 0.717) is 41.8 Å². The van der Waals surface area contributed by atoms with Gasteiger partial charge in [-0.3, -0.25) is 9.59 Å². The van der Waals surface area contributed by atoms with Crippen LogP contribution in [0.15, 0.2) is 41.3 Å². The molecule has 0 atom stereocenters. The highest BCUT2D eigenvalue weighted by atomic mass is 35.5. The molecule has 7 nitrogen and oxygen atoms in total. The predicted molar refractivity (Wildman–Crippen MR) is 129 cm³/mol. The predicted octanol–water partition coefficient (Wildman–Crippen LogP) is 3.99. The summed E-state index contributed by atoms with van der Waals surface area (Å²) in [6.45, 7) is 4.83. The number of piperidine rings is 1. The number of rotatable bonds is 5. The van der Waals surface area contributed by atoms with E-state index < -0.39 is 10.0 Å². The number of amides is 2. The molecule has 1 N–H and O–H groups in total. The summed E-state index contributed by atoms with van der Waals surface area (Å²) in [4.78, 5) is 27.0. The van der Waals surface area contributed by atoms with Crippen molar-refractivity contribution in [2.45, 2.75) is 44.4 Å². The first-order valence-corrected chi connectivity index (χ1v) is 13.0. The van der Waals surface area contributed by atoms with Crippen LogP contribution >= 0.6 is 11.6 Å². The highest BCUT2D eigenvalue weighted by Crippen LogP contribution is 2.32. The number of carbonyl (C=O) groups is 2. The molecular formula is C24H28ClN3O4S. The zero-order valence-corrected chi connectivity index (χ0v) is 20.4. The maximum absolute atomic E-state index is 13.1. The Morgan fingerprint density at radius 1 is 1.15 bits per heavy atom. The van der Waals surface area contributed by atoms with Crippen molar-refractivity contribution >= 4 is 44.8 Å². The fourth-order valence-corrected chi connectivity index (χ4v) is 6.02. The largest absolute Gasteiger partial charge is 0.324 e. The number of nitrogens with one attached hydrogen (secondary N) is 1. The molecule has 0 aliphatic carbocycles. The number of sulfonamides is 1. The molecule has 9 heteroatoms. The molecule has 0 spiro atoms. The third-order valence-corrected chi connectivity index (χ3v) is 8.78. The molecule has 33 heavy (non-hydrogen) atoms. The van der Waals surface area contributed by atoms with Gasteiger partial charge in [-0.05, 0) is 73.6 Å². The maximum Gasteiger partial charge on any atom is 0.244 e. The van der Waals surface area contributed by atoms with Crippen molar-refractivity contribution in [2.24, 2.45) is 5.92 Å². The van der Waals surface area contributed by atoms with Crippen LogP contribution in [0.2, 0.25) is 5.02 Å². The first kappa shape index (κ1) is 23.7. The third-order valence-electron chi connectivity index (χ3n) is 6.47. The molecule has 2 heterocycles. The molecule has 4 rings (SSSR count). The van der Waals surface area contributed by atoms with Crippen LogP contribution in [0.3, 0.4) is 0 Å². The number of hydrogen-bond acceptors (Lipinski definition) is 4. The Hall–Kier alpha value is -2.42. The fourth-order valence-electron chi connectivity index (χ4n) is 4.32. The van der Waals surface area contributed by atoms with Gasteiger partial charge in [-0.15, -0.1) is 0 Å². The number of aryl methyl sites for hydroxylation is 1. The average molecular weight is 490 g/mol. The van der Waals surface area contributed by atoms with Gasteiger partial charge in [0.1, 0.15) is 6.54 Å². The molecule has 1 saturated heterocycles. The second-order valence-corrected chi connectivity index (χ2v) is 11.2. The number of nitrogens with zero attached hydrogens (tertiary/aromatic N) is 2. The lowest BCUT2D eigenvalue weighted by Gasteiger charge is -2.31. The molecule has 0 saturated carbocycles. The molecule has 2 aliphatic rings.